The molecule has 0 bridgehead atoms. The highest BCUT2D eigenvalue weighted by Crippen LogP contribution is 2.32. The lowest BCUT2D eigenvalue weighted by Gasteiger charge is -2.10. The van der Waals surface area contributed by atoms with Gasteiger partial charge in [0.25, 0.3) is 0 Å². The second kappa shape index (κ2) is 9.04. The molecule has 3 aromatic carbocycles. The number of hydrogen-bond donors (Lipinski definition) is 0. The molecular weight excluding hydrogens is 309 g/mol. The fraction of sp³-hybridized carbons (Fsp3) is 0. The van der Waals surface area contributed by atoms with Crippen LogP contribution in [0.2, 0.25) is 0 Å². The van der Waals surface area contributed by atoms with E-state index >= 15 is 0 Å². The van der Waals surface area contributed by atoms with Gasteiger partial charge >= 0.3 is 0 Å². The summed E-state index contributed by atoms with van der Waals surface area (Å²) < 4.78 is 1.83. The second-order valence-corrected chi connectivity index (χ2v) is 7.18. The van der Waals surface area contributed by atoms with Crippen LogP contribution in [0.5, 0.6) is 0 Å². The first-order chi connectivity index (χ1) is 10.9. The molecule has 0 aliphatic rings. The molecule has 22 heavy (non-hydrogen) atoms. The van der Waals surface area contributed by atoms with E-state index in [4.69, 9.17) is 4.91 Å². The first kappa shape index (κ1) is 16.3. The van der Waals surface area contributed by atoms with Crippen LogP contribution in [-0.2, 0) is 12.8 Å². The first-order valence-corrected chi connectivity index (χ1v) is 8.71. The van der Waals surface area contributed by atoms with Crippen molar-refractivity contribution in [1.29, 1.82) is 0 Å². The van der Waals surface area contributed by atoms with Crippen molar-refractivity contribution in [3.05, 3.63) is 95.9 Å². The Morgan fingerprint density at radius 3 is 1.05 bits per heavy atom. The zero-order valence-corrected chi connectivity index (χ0v) is 13.7. The molecule has 0 aliphatic carbocycles. The van der Waals surface area contributed by atoms with Gasteiger partial charge in [-0.2, -0.15) is 4.91 Å². The SMILES string of the molecule is O=N[S-].c1ccc([PH+](c2ccccc2)c2ccccc2)cc1. The molecular formula is C18H16NOPS. The monoisotopic (exact) mass is 325 g/mol. The molecule has 4 heteroatoms. The third-order valence-corrected chi connectivity index (χ3v) is 5.92. The number of nitrogens with zero attached hydrogens (tertiary/aromatic N) is 1. The van der Waals surface area contributed by atoms with Gasteiger partial charge < -0.3 is 12.8 Å². The van der Waals surface area contributed by atoms with Crippen LogP contribution in [0.1, 0.15) is 0 Å². The molecule has 0 fully saturated rings. The Bertz CT molecular complexity index is 583. The van der Waals surface area contributed by atoms with Crippen molar-refractivity contribution in [3.63, 3.8) is 0 Å². The summed E-state index contributed by atoms with van der Waals surface area (Å²) in [7, 11) is -0.877. The molecule has 0 heterocycles. The van der Waals surface area contributed by atoms with E-state index < -0.39 is 7.92 Å². The number of nitroso groups, excluding NO2 is 1. The maximum absolute atomic E-state index is 8.37. The van der Waals surface area contributed by atoms with Crippen LogP contribution in [0, 0.1) is 4.91 Å². The molecule has 0 saturated carbocycles. The molecule has 0 unspecified atom stereocenters. The maximum atomic E-state index is 8.37. The number of benzene rings is 3. The van der Waals surface area contributed by atoms with Gasteiger partial charge in [0.15, 0.2) is 0 Å². The average molecular weight is 325 g/mol. The lowest BCUT2D eigenvalue weighted by atomic mass is 10.4. The normalized spacial score (nSPS) is 9.68. The molecule has 2 nitrogen and oxygen atoms in total. The average Bonchev–Trinajstić information content (AvgIpc) is 2.59. The Hall–Kier alpha value is -2.09. The maximum Gasteiger partial charge on any atom is 0.102 e. The zero-order chi connectivity index (χ0) is 15.6. The minimum absolute atomic E-state index is 0.877. The molecule has 0 aromatic heterocycles. The lowest BCUT2D eigenvalue weighted by molar-refractivity contribution is 1.74. The van der Waals surface area contributed by atoms with Crippen LogP contribution in [0.3, 0.4) is 0 Å². The van der Waals surface area contributed by atoms with Crippen LogP contribution in [0.25, 0.3) is 0 Å². The Balaban J connectivity index is 0.000000545. The van der Waals surface area contributed by atoms with Gasteiger partial charge in [-0.3, -0.25) is 0 Å². The molecule has 0 saturated heterocycles. The van der Waals surface area contributed by atoms with Gasteiger partial charge in [0.1, 0.15) is 15.9 Å². The molecule has 3 aromatic rings. The van der Waals surface area contributed by atoms with Crippen molar-refractivity contribution in [2.75, 3.05) is 0 Å². The third kappa shape index (κ3) is 4.45. The van der Waals surface area contributed by atoms with Crippen molar-refractivity contribution >= 4 is 36.7 Å². The van der Waals surface area contributed by atoms with Crippen LogP contribution in [0.4, 0.5) is 0 Å². The van der Waals surface area contributed by atoms with Crippen LogP contribution >= 0.6 is 7.92 Å². The minimum atomic E-state index is -0.877. The van der Waals surface area contributed by atoms with E-state index in [9.17, 15) is 0 Å². The van der Waals surface area contributed by atoms with Gasteiger partial charge in [0, 0.05) is 0 Å². The van der Waals surface area contributed by atoms with Crippen LogP contribution < -0.4 is 15.9 Å². The number of rotatable bonds is 3. The number of hydrogen-bond acceptors (Lipinski definition) is 3. The molecule has 0 atom stereocenters. The fourth-order valence-electron chi connectivity index (χ4n) is 2.31. The summed E-state index contributed by atoms with van der Waals surface area (Å²) in [5.41, 5.74) is 0. The largest absolute Gasteiger partial charge is 0.622 e. The summed E-state index contributed by atoms with van der Waals surface area (Å²) in [5, 5.41) is 4.31. The van der Waals surface area contributed by atoms with E-state index in [0.29, 0.717) is 0 Å². The van der Waals surface area contributed by atoms with Crippen molar-refractivity contribution in [1.82, 2.24) is 0 Å². The van der Waals surface area contributed by atoms with Crippen LogP contribution in [-0.4, -0.2) is 0 Å². The van der Waals surface area contributed by atoms with E-state index in [1.165, 1.54) is 15.9 Å². The van der Waals surface area contributed by atoms with Crippen LogP contribution in [0.15, 0.2) is 95.6 Å². The van der Waals surface area contributed by atoms with Gasteiger partial charge in [0.05, 0.1) is 7.92 Å². The van der Waals surface area contributed by atoms with Gasteiger partial charge in [-0.05, 0) is 36.4 Å². The molecule has 110 valence electrons. The highest BCUT2D eigenvalue weighted by molar-refractivity contribution is 7.79. The Morgan fingerprint density at radius 2 is 0.818 bits per heavy atom. The van der Waals surface area contributed by atoms with Crippen molar-refractivity contribution < 1.29 is 0 Å². The van der Waals surface area contributed by atoms with E-state index in [-0.39, 0.29) is 0 Å². The Morgan fingerprint density at radius 1 is 0.591 bits per heavy atom. The zero-order valence-electron chi connectivity index (χ0n) is 11.9. The summed E-state index contributed by atoms with van der Waals surface area (Å²) in [4.78, 5) is 8.37. The van der Waals surface area contributed by atoms with E-state index in [1.54, 1.807) is 0 Å². The van der Waals surface area contributed by atoms with E-state index in [1.807, 2.05) is 4.58 Å². The Labute approximate surface area is 137 Å². The summed E-state index contributed by atoms with van der Waals surface area (Å²) in [6.45, 7) is 0. The summed E-state index contributed by atoms with van der Waals surface area (Å²) in [6.07, 6.45) is 0. The predicted octanol–water partition coefficient (Wildman–Crippen LogP) is 3.39. The van der Waals surface area contributed by atoms with Gasteiger partial charge in [-0.15, -0.1) is 0 Å². The molecule has 0 amide bonds. The molecule has 0 spiro atoms. The van der Waals surface area contributed by atoms with E-state index in [2.05, 4.69) is 104 Å². The fourth-order valence-corrected chi connectivity index (χ4v) is 4.89. The minimum Gasteiger partial charge on any atom is -0.622 e. The standard InChI is InChI=1S/C18H15P.HNOS/c1-4-10-16(11-5-1)19(17-12-6-2-7-13-17)18-14-8-3-9-15-18;2-1-3/h1-15H;(H,2,3). The highest BCUT2D eigenvalue weighted by atomic mass is 32.1. The summed E-state index contributed by atoms with van der Waals surface area (Å²) in [6, 6.07) is 32.5. The van der Waals surface area contributed by atoms with Gasteiger partial charge in [-0.25, -0.2) is 4.58 Å². The highest BCUT2D eigenvalue weighted by Gasteiger charge is 2.24. The smallest absolute Gasteiger partial charge is 0.102 e. The van der Waals surface area contributed by atoms with Crippen molar-refractivity contribution in [2.24, 2.45) is 4.58 Å². The summed E-state index contributed by atoms with van der Waals surface area (Å²) in [5.74, 6) is 0. The first-order valence-electron chi connectivity index (χ1n) is 6.85. The molecule has 3 rings (SSSR count). The van der Waals surface area contributed by atoms with Crippen molar-refractivity contribution in [2.45, 2.75) is 0 Å². The molecule has 0 N–H and O–H groups in total. The quantitative estimate of drug-likeness (QED) is 0.420. The predicted molar refractivity (Wildman–Crippen MR) is 99.7 cm³/mol. The van der Waals surface area contributed by atoms with E-state index in [0.717, 1.165) is 0 Å². The molecule has 0 aliphatic heterocycles. The van der Waals surface area contributed by atoms with Gasteiger partial charge in [-0.1, -0.05) is 54.6 Å². The topological polar surface area (TPSA) is 29.4 Å². The lowest BCUT2D eigenvalue weighted by Crippen LogP contribution is -2.20. The van der Waals surface area contributed by atoms with Crippen molar-refractivity contribution in [3.8, 4) is 0 Å². The third-order valence-electron chi connectivity index (χ3n) is 3.19. The second-order valence-electron chi connectivity index (χ2n) is 4.55. The molecule has 0 radical (unpaired) electrons. The Kier molecular flexibility index (Phi) is 6.69. The van der Waals surface area contributed by atoms with Gasteiger partial charge in [0.2, 0.25) is 0 Å². The summed E-state index contributed by atoms with van der Waals surface area (Å²) >= 11 is 3.46.